The van der Waals surface area contributed by atoms with Crippen molar-refractivity contribution in [2.45, 2.75) is 32.4 Å². The summed E-state index contributed by atoms with van der Waals surface area (Å²) in [6.45, 7) is 6.48. The molecule has 2 aromatic rings. The zero-order valence-corrected chi connectivity index (χ0v) is 19.1. The Morgan fingerprint density at radius 1 is 1.26 bits per heavy atom. The normalized spacial score (nSPS) is 20.7. The van der Waals surface area contributed by atoms with Crippen LogP contribution in [0.4, 0.5) is 11.1 Å². The van der Waals surface area contributed by atoms with Gasteiger partial charge in [-0.3, -0.25) is 9.69 Å². The second kappa shape index (κ2) is 9.41. The Morgan fingerprint density at radius 2 is 2.03 bits per heavy atom. The Hall–Kier alpha value is -2.37. The van der Waals surface area contributed by atoms with Crippen LogP contribution in [0.3, 0.4) is 0 Å². The maximum Gasteiger partial charge on any atom is 0.229 e. The highest BCUT2D eigenvalue weighted by molar-refractivity contribution is 7.18. The summed E-state index contributed by atoms with van der Waals surface area (Å²) in [5.41, 5.74) is 5.84. The zero-order valence-electron chi connectivity index (χ0n) is 18.3. The minimum Gasteiger partial charge on any atom is -0.377 e. The lowest BCUT2D eigenvalue weighted by molar-refractivity contribution is -0.134. The first kappa shape index (κ1) is 21.8. The summed E-state index contributed by atoms with van der Waals surface area (Å²) in [4.78, 5) is 37.7. The smallest absolute Gasteiger partial charge is 0.229 e. The Balaban J connectivity index is 1.54. The average Bonchev–Trinajstić information content (AvgIpc) is 3.20. The molecule has 4 heterocycles. The number of carbonyl (C=O) groups is 1. The lowest BCUT2D eigenvalue weighted by atomic mass is 9.95. The van der Waals surface area contributed by atoms with Crippen LogP contribution in [-0.2, 0) is 16.1 Å². The predicted octanol–water partition coefficient (Wildman–Crippen LogP) is 1.10. The van der Waals surface area contributed by atoms with Crippen LogP contribution in [0.1, 0.15) is 25.6 Å². The van der Waals surface area contributed by atoms with Crippen molar-refractivity contribution in [1.82, 2.24) is 29.7 Å². The topological polar surface area (TPSA) is 114 Å². The Bertz CT molecular complexity index is 912. The number of carbonyl (C=O) groups excluding carboxylic acids is 1. The monoisotopic (exact) mass is 446 g/mol. The van der Waals surface area contributed by atoms with Crippen molar-refractivity contribution in [2.75, 3.05) is 57.6 Å². The van der Waals surface area contributed by atoms with E-state index in [0.717, 1.165) is 43.2 Å². The number of aromatic nitrogens is 4. The Morgan fingerprint density at radius 3 is 2.68 bits per heavy atom. The second-order valence-corrected chi connectivity index (χ2v) is 9.40. The summed E-state index contributed by atoms with van der Waals surface area (Å²) in [5, 5.41) is 0.492. The molecule has 2 aliphatic heterocycles. The summed E-state index contributed by atoms with van der Waals surface area (Å²) in [5.74, 6) is 2.31. The van der Waals surface area contributed by atoms with Crippen LogP contribution in [-0.4, -0.2) is 88.6 Å². The maximum atomic E-state index is 12.3. The van der Waals surface area contributed by atoms with E-state index in [2.05, 4.69) is 21.7 Å². The molecule has 2 saturated heterocycles. The number of nitrogens with two attached hydrogens (primary N) is 1. The number of piperidine rings is 1. The third kappa shape index (κ3) is 5.10. The molecule has 1 unspecified atom stereocenters. The number of ether oxygens (including phenoxy) is 1. The molecule has 0 spiro atoms. The first-order chi connectivity index (χ1) is 14.9. The van der Waals surface area contributed by atoms with E-state index in [-0.39, 0.29) is 17.9 Å². The van der Waals surface area contributed by atoms with Crippen molar-refractivity contribution in [1.29, 1.82) is 0 Å². The molecule has 10 nitrogen and oxygen atoms in total. The fourth-order valence-electron chi connectivity index (χ4n) is 4.04. The number of morpholine rings is 1. The molecule has 168 valence electrons. The van der Waals surface area contributed by atoms with Crippen molar-refractivity contribution in [3.05, 3.63) is 12.0 Å². The summed E-state index contributed by atoms with van der Waals surface area (Å²) < 4.78 is 5.57. The van der Waals surface area contributed by atoms with Gasteiger partial charge in [0, 0.05) is 26.6 Å². The largest absolute Gasteiger partial charge is 0.377 e. The molecule has 11 heteroatoms. The number of nitrogen functional groups attached to an aromatic ring is 1. The van der Waals surface area contributed by atoms with Gasteiger partial charge in [0.15, 0.2) is 11.0 Å². The summed E-state index contributed by atoms with van der Waals surface area (Å²) in [7, 11) is 3.64. The molecule has 2 fully saturated rings. The molecular formula is C20H30N8O2S. The summed E-state index contributed by atoms with van der Waals surface area (Å²) in [6, 6.07) is 0.191. The van der Waals surface area contributed by atoms with Gasteiger partial charge in [0.05, 0.1) is 36.9 Å². The fraction of sp³-hybridized carbons (Fsp3) is 0.650. The minimum atomic E-state index is 0.102. The molecular weight excluding hydrogens is 416 g/mol. The van der Waals surface area contributed by atoms with Gasteiger partial charge in [0.1, 0.15) is 5.82 Å². The van der Waals surface area contributed by atoms with Crippen molar-refractivity contribution in [3.8, 4) is 10.7 Å². The summed E-state index contributed by atoms with van der Waals surface area (Å²) in [6.07, 6.45) is 3.42. The fourth-order valence-corrected chi connectivity index (χ4v) is 4.65. The molecule has 0 aromatic carbocycles. The van der Waals surface area contributed by atoms with Crippen LogP contribution in [0.2, 0.25) is 0 Å². The van der Waals surface area contributed by atoms with Crippen molar-refractivity contribution < 1.29 is 9.53 Å². The van der Waals surface area contributed by atoms with Crippen molar-refractivity contribution >= 4 is 28.3 Å². The van der Waals surface area contributed by atoms with Gasteiger partial charge in [-0.1, -0.05) is 11.3 Å². The van der Waals surface area contributed by atoms with E-state index in [9.17, 15) is 4.79 Å². The molecule has 31 heavy (non-hydrogen) atoms. The third-order valence-corrected chi connectivity index (χ3v) is 6.60. The van der Waals surface area contributed by atoms with Gasteiger partial charge in [-0.15, -0.1) is 0 Å². The van der Waals surface area contributed by atoms with Crippen LogP contribution in [0.15, 0.2) is 6.20 Å². The highest BCUT2D eigenvalue weighted by Gasteiger charge is 2.28. The lowest BCUT2D eigenvalue weighted by Gasteiger charge is -2.34. The molecule has 0 bridgehead atoms. The van der Waals surface area contributed by atoms with E-state index >= 15 is 0 Å². The quantitative estimate of drug-likeness (QED) is 0.721. The van der Waals surface area contributed by atoms with Gasteiger partial charge >= 0.3 is 0 Å². The highest BCUT2D eigenvalue weighted by Crippen LogP contribution is 2.27. The van der Waals surface area contributed by atoms with E-state index < -0.39 is 0 Å². The number of likely N-dealkylation sites (tertiary alicyclic amines) is 1. The van der Waals surface area contributed by atoms with Crippen molar-refractivity contribution in [3.63, 3.8) is 0 Å². The average molecular weight is 447 g/mol. The molecule has 0 aliphatic carbocycles. The maximum absolute atomic E-state index is 12.3. The van der Waals surface area contributed by atoms with Gasteiger partial charge in [0.25, 0.3) is 0 Å². The third-order valence-electron chi connectivity index (χ3n) is 5.78. The zero-order chi connectivity index (χ0) is 22.0. The molecule has 1 amide bonds. The number of thiazole rings is 1. The van der Waals surface area contributed by atoms with Gasteiger partial charge < -0.3 is 20.3 Å². The number of hydrogen-bond acceptors (Lipinski definition) is 10. The lowest BCUT2D eigenvalue weighted by Crippen LogP contribution is -2.45. The molecule has 4 rings (SSSR count). The predicted molar refractivity (Wildman–Crippen MR) is 120 cm³/mol. The Labute approximate surface area is 186 Å². The standard InChI is InChI=1S/C20H30N8O2S/c1-13-12-30-9-8-28(13)20-24-16(23-17(25-20)15-10-22-19(21)31-15)11-27-6-4-14(5-7-27)18(29)26(2)3/h10,13-14H,4-9,11-12H2,1-3H3,(H2,21,22). The number of nitrogens with zero attached hydrogens (tertiary/aromatic N) is 7. The van der Waals surface area contributed by atoms with Crippen LogP contribution in [0, 0.1) is 5.92 Å². The SMILES string of the molecule is CC1COCCN1c1nc(CN2CCC(C(=O)N(C)C)CC2)nc(-c2cnc(N)s2)n1. The van der Waals surface area contributed by atoms with Crippen molar-refractivity contribution in [2.24, 2.45) is 5.92 Å². The van der Waals surface area contributed by atoms with E-state index in [1.165, 1.54) is 11.3 Å². The molecule has 2 aliphatic rings. The van der Waals surface area contributed by atoms with E-state index in [1.807, 2.05) is 14.1 Å². The number of rotatable bonds is 5. The number of amides is 1. The second-order valence-electron chi connectivity index (χ2n) is 8.34. The van der Waals surface area contributed by atoms with Crippen LogP contribution >= 0.6 is 11.3 Å². The van der Waals surface area contributed by atoms with E-state index in [1.54, 1.807) is 11.1 Å². The van der Waals surface area contributed by atoms with Gasteiger partial charge in [0.2, 0.25) is 11.9 Å². The molecule has 0 radical (unpaired) electrons. The summed E-state index contributed by atoms with van der Waals surface area (Å²) >= 11 is 1.37. The van der Waals surface area contributed by atoms with Crippen LogP contribution in [0.5, 0.6) is 0 Å². The van der Waals surface area contributed by atoms with Gasteiger partial charge in [-0.25, -0.2) is 9.97 Å². The minimum absolute atomic E-state index is 0.102. The number of hydrogen-bond donors (Lipinski definition) is 1. The van der Waals surface area contributed by atoms with E-state index in [4.69, 9.17) is 25.4 Å². The first-order valence-electron chi connectivity index (χ1n) is 10.6. The van der Waals surface area contributed by atoms with Crippen LogP contribution in [0.25, 0.3) is 10.7 Å². The molecule has 2 aromatic heterocycles. The molecule has 0 saturated carbocycles. The van der Waals surface area contributed by atoms with Gasteiger partial charge in [-0.2, -0.15) is 9.97 Å². The first-order valence-corrected chi connectivity index (χ1v) is 11.5. The van der Waals surface area contributed by atoms with Crippen LogP contribution < -0.4 is 10.6 Å². The molecule has 2 N–H and O–H groups in total. The van der Waals surface area contributed by atoms with E-state index in [0.29, 0.717) is 36.7 Å². The Kier molecular flexibility index (Phi) is 6.63. The highest BCUT2D eigenvalue weighted by atomic mass is 32.1. The molecule has 1 atom stereocenters. The number of anilines is 2. The van der Waals surface area contributed by atoms with Gasteiger partial charge in [-0.05, 0) is 32.9 Å².